The number of nitrogens with one attached hydrogen (secondary N) is 2. The third kappa shape index (κ3) is 4.43. The number of para-hydroxylation sites is 1. The van der Waals surface area contributed by atoms with Crippen LogP contribution in [-0.4, -0.2) is 30.0 Å². The fraction of sp³-hybridized carbons (Fsp3) is 0.174. The van der Waals surface area contributed by atoms with Crippen molar-refractivity contribution in [2.45, 2.75) is 12.8 Å². The van der Waals surface area contributed by atoms with Gasteiger partial charge in [-0.3, -0.25) is 9.78 Å². The van der Waals surface area contributed by atoms with Gasteiger partial charge < -0.3 is 15.5 Å². The molecule has 0 saturated carbocycles. The highest BCUT2D eigenvalue weighted by Gasteiger charge is 2.25. The van der Waals surface area contributed by atoms with E-state index in [0.29, 0.717) is 30.8 Å². The summed E-state index contributed by atoms with van der Waals surface area (Å²) in [5, 5.41) is 5.60. The van der Waals surface area contributed by atoms with Crippen LogP contribution >= 0.6 is 0 Å². The lowest BCUT2D eigenvalue weighted by Gasteiger charge is -2.18. The molecule has 0 fully saturated rings. The Labute approximate surface area is 169 Å². The Bertz CT molecular complexity index is 1020. The van der Waals surface area contributed by atoms with E-state index >= 15 is 0 Å². The number of amides is 3. The third-order valence-electron chi connectivity index (χ3n) is 4.89. The van der Waals surface area contributed by atoms with Gasteiger partial charge in [0.1, 0.15) is 0 Å². The maximum Gasteiger partial charge on any atom is 0.319 e. The molecule has 3 amide bonds. The molecule has 0 saturated heterocycles. The van der Waals surface area contributed by atoms with Crippen molar-refractivity contribution < 1.29 is 9.59 Å². The molecule has 0 spiro atoms. The van der Waals surface area contributed by atoms with Crippen LogP contribution in [0, 0.1) is 0 Å². The topological polar surface area (TPSA) is 74.3 Å². The minimum absolute atomic E-state index is 0.0610. The molecule has 2 aromatic carbocycles. The van der Waals surface area contributed by atoms with E-state index in [4.69, 9.17) is 0 Å². The summed E-state index contributed by atoms with van der Waals surface area (Å²) in [6, 6.07) is 20.4. The molecule has 6 nitrogen and oxygen atoms in total. The van der Waals surface area contributed by atoms with E-state index in [1.807, 2.05) is 36.4 Å². The smallest absolute Gasteiger partial charge is 0.319 e. The SMILES string of the molecule is O=C(NCCc1ccccn1)Nc1cccc(C(=O)N2CCc3ccccc32)c1. The number of benzene rings is 2. The van der Waals surface area contributed by atoms with Gasteiger partial charge in [-0.1, -0.05) is 30.3 Å². The van der Waals surface area contributed by atoms with Crippen LogP contribution in [0.1, 0.15) is 21.6 Å². The summed E-state index contributed by atoms with van der Waals surface area (Å²) in [6.07, 6.45) is 3.25. The Kier molecular flexibility index (Phi) is 5.52. The summed E-state index contributed by atoms with van der Waals surface area (Å²) in [5.74, 6) is -0.0610. The van der Waals surface area contributed by atoms with Crippen LogP contribution in [0.3, 0.4) is 0 Å². The molecule has 29 heavy (non-hydrogen) atoms. The quantitative estimate of drug-likeness (QED) is 0.703. The largest absolute Gasteiger partial charge is 0.337 e. The van der Waals surface area contributed by atoms with E-state index < -0.39 is 0 Å². The molecular weight excluding hydrogens is 364 g/mol. The first-order valence-corrected chi connectivity index (χ1v) is 9.65. The second kappa shape index (κ2) is 8.56. The number of hydrogen-bond acceptors (Lipinski definition) is 3. The molecule has 6 heteroatoms. The Morgan fingerprint density at radius 3 is 2.72 bits per heavy atom. The number of carbonyl (C=O) groups is 2. The number of urea groups is 1. The molecule has 0 atom stereocenters. The molecule has 2 heterocycles. The van der Waals surface area contributed by atoms with Gasteiger partial charge >= 0.3 is 6.03 Å². The molecule has 1 aromatic heterocycles. The van der Waals surface area contributed by atoms with Crippen molar-refractivity contribution in [3.8, 4) is 0 Å². The van der Waals surface area contributed by atoms with E-state index in [9.17, 15) is 9.59 Å². The predicted molar refractivity (Wildman–Crippen MR) is 113 cm³/mol. The van der Waals surface area contributed by atoms with Gasteiger partial charge in [0.25, 0.3) is 5.91 Å². The van der Waals surface area contributed by atoms with Gasteiger partial charge in [0.15, 0.2) is 0 Å². The minimum atomic E-state index is -0.308. The summed E-state index contributed by atoms with van der Waals surface area (Å²) in [6.45, 7) is 1.15. The Morgan fingerprint density at radius 2 is 1.86 bits per heavy atom. The van der Waals surface area contributed by atoms with Crippen molar-refractivity contribution >= 4 is 23.3 Å². The molecule has 0 bridgehead atoms. The molecule has 1 aliphatic heterocycles. The highest BCUT2D eigenvalue weighted by molar-refractivity contribution is 6.08. The standard InChI is InChI=1S/C23H22N4O2/c28-22(27-15-12-17-6-1-2-10-21(17)27)18-7-5-9-20(16-18)26-23(29)25-14-11-19-8-3-4-13-24-19/h1-10,13,16H,11-12,14-15H2,(H2,25,26,29). The van der Waals surface area contributed by atoms with Crippen LogP contribution in [-0.2, 0) is 12.8 Å². The summed E-state index contributed by atoms with van der Waals surface area (Å²) in [7, 11) is 0. The second-order valence-electron chi connectivity index (χ2n) is 6.87. The number of anilines is 2. The van der Waals surface area contributed by atoms with Gasteiger partial charge in [0.05, 0.1) is 0 Å². The molecule has 4 rings (SSSR count). The van der Waals surface area contributed by atoms with Crippen molar-refractivity contribution in [3.63, 3.8) is 0 Å². The molecule has 0 radical (unpaired) electrons. The minimum Gasteiger partial charge on any atom is -0.337 e. The summed E-state index contributed by atoms with van der Waals surface area (Å²) < 4.78 is 0. The average Bonchev–Trinajstić information content (AvgIpc) is 3.18. The van der Waals surface area contributed by atoms with E-state index in [1.54, 1.807) is 35.4 Å². The summed E-state index contributed by atoms with van der Waals surface area (Å²) in [4.78, 5) is 31.2. The van der Waals surface area contributed by atoms with E-state index in [-0.39, 0.29) is 11.9 Å². The second-order valence-corrected chi connectivity index (χ2v) is 6.87. The van der Waals surface area contributed by atoms with Crippen molar-refractivity contribution in [2.75, 3.05) is 23.3 Å². The lowest BCUT2D eigenvalue weighted by molar-refractivity contribution is 0.0989. The lowest BCUT2D eigenvalue weighted by Crippen LogP contribution is -2.31. The number of hydrogen-bond donors (Lipinski definition) is 2. The van der Waals surface area contributed by atoms with E-state index in [2.05, 4.69) is 21.7 Å². The van der Waals surface area contributed by atoms with E-state index in [1.165, 1.54) is 5.56 Å². The van der Waals surface area contributed by atoms with Gasteiger partial charge in [0, 0.05) is 48.3 Å². The van der Waals surface area contributed by atoms with Crippen molar-refractivity contribution in [2.24, 2.45) is 0 Å². The maximum absolute atomic E-state index is 13.0. The molecule has 146 valence electrons. The van der Waals surface area contributed by atoms with E-state index in [0.717, 1.165) is 17.8 Å². The number of nitrogens with zero attached hydrogens (tertiary/aromatic N) is 2. The van der Waals surface area contributed by atoms with Gasteiger partial charge in [-0.15, -0.1) is 0 Å². The zero-order valence-electron chi connectivity index (χ0n) is 16.0. The lowest BCUT2D eigenvalue weighted by atomic mass is 10.1. The normalized spacial score (nSPS) is 12.3. The molecule has 1 aliphatic rings. The van der Waals surface area contributed by atoms with Crippen LogP contribution in [0.25, 0.3) is 0 Å². The number of fused-ring (bicyclic) bond motifs is 1. The van der Waals surface area contributed by atoms with Gasteiger partial charge in [0.2, 0.25) is 0 Å². The Balaban J connectivity index is 1.36. The van der Waals surface area contributed by atoms with Gasteiger partial charge in [-0.25, -0.2) is 4.79 Å². The first-order chi connectivity index (χ1) is 14.2. The highest BCUT2D eigenvalue weighted by atomic mass is 16.2. The molecule has 3 aromatic rings. The summed E-state index contributed by atoms with van der Waals surface area (Å²) >= 11 is 0. The number of carbonyl (C=O) groups excluding carboxylic acids is 2. The van der Waals surface area contributed by atoms with Gasteiger partial charge in [-0.05, 0) is 48.4 Å². The summed E-state index contributed by atoms with van der Waals surface area (Å²) in [5.41, 5.74) is 4.20. The van der Waals surface area contributed by atoms with Crippen LogP contribution in [0.4, 0.5) is 16.2 Å². The maximum atomic E-state index is 13.0. The zero-order chi connectivity index (χ0) is 20.1. The number of pyridine rings is 1. The molecule has 0 aliphatic carbocycles. The van der Waals surface area contributed by atoms with Crippen LogP contribution < -0.4 is 15.5 Å². The average molecular weight is 386 g/mol. The van der Waals surface area contributed by atoms with Crippen LogP contribution in [0.5, 0.6) is 0 Å². The molecule has 2 N–H and O–H groups in total. The number of rotatable bonds is 5. The Morgan fingerprint density at radius 1 is 1.00 bits per heavy atom. The van der Waals surface area contributed by atoms with Crippen molar-refractivity contribution in [1.29, 1.82) is 0 Å². The van der Waals surface area contributed by atoms with Crippen LogP contribution in [0.15, 0.2) is 72.9 Å². The Hall–Kier alpha value is -3.67. The van der Waals surface area contributed by atoms with Crippen LogP contribution in [0.2, 0.25) is 0 Å². The molecular formula is C23H22N4O2. The fourth-order valence-corrected chi connectivity index (χ4v) is 3.46. The third-order valence-corrected chi connectivity index (χ3v) is 4.89. The first kappa shape index (κ1) is 18.7. The highest BCUT2D eigenvalue weighted by Crippen LogP contribution is 2.29. The predicted octanol–water partition coefficient (Wildman–Crippen LogP) is 3.65. The molecule has 0 unspecified atom stereocenters. The monoisotopic (exact) mass is 386 g/mol. The first-order valence-electron chi connectivity index (χ1n) is 9.65. The van der Waals surface area contributed by atoms with Crippen molar-refractivity contribution in [1.82, 2.24) is 10.3 Å². The zero-order valence-corrected chi connectivity index (χ0v) is 16.0. The fourth-order valence-electron chi connectivity index (χ4n) is 3.46. The van der Waals surface area contributed by atoms with Gasteiger partial charge in [-0.2, -0.15) is 0 Å². The number of aromatic nitrogens is 1. The van der Waals surface area contributed by atoms with Crippen molar-refractivity contribution in [3.05, 3.63) is 89.7 Å².